The molecule has 0 aliphatic heterocycles. The van der Waals surface area contributed by atoms with Crippen molar-refractivity contribution in [3.8, 4) is 0 Å². The minimum absolute atomic E-state index is 0.127. The van der Waals surface area contributed by atoms with Crippen LogP contribution in [-0.2, 0) is 6.42 Å². The lowest BCUT2D eigenvalue weighted by molar-refractivity contribution is 0.477. The van der Waals surface area contributed by atoms with Crippen LogP contribution < -0.4 is 5.32 Å². The quantitative estimate of drug-likeness (QED) is 0.903. The van der Waals surface area contributed by atoms with Crippen molar-refractivity contribution in [3.63, 3.8) is 0 Å². The predicted octanol–water partition coefficient (Wildman–Crippen LogP) is 3.56. The molecule has 0 aliphatic rings. The molecule has 2 nitrogen and oxygen atoms in total. The summed E-state index contributed by atoms with van der Waals surface area (Å²) in [5.41, 5.74) is 2.27. The molecule has 1 aromatic carbocycles. The van der Waals surface area contributed by atoms with E-state index in [1.165, 1.54) is 6.07 Å². The summed E-state index contributed by atoms with van der Waals surface area (Å²) in [6, 6.07) is 7.98. The Balaban J connectivity index is 2.31. The minimum Gasteiger partial charge on any atom is -0.309 e. The Labute approximate surface area is 117 Å². The van der Waals surface area contributed by atoms with E-state index < -0.39 is 11.6 Å². The average Bonchev–Trinajstić information content (AvgIpc) is 2.44. The van der Waals surface area contributed by atoms with Crippen LogP contribution in [0, 0.1) is 18.6 Å². The summed E-state index contributed by atoms with van der Waals surface area (Å²) < 4.78 is 27.1. The molecule has 20 heavy (non-hydrogen) atoms. The third-order valence-corrected chi connectivity index (χ3v) is 3.29. The normalized spacial score (nSPS) is 12.4. The fourth-order valence-electron chi connectivity index (χ4n) is 2.30. The van der Waals surface area contributed by atoms with Gasteiger partial charge in [0.05, 0.1) is 11.7 Å². The van der Waals surface area contributed by atoms with Crippen molar-refractivity contribution in [1.29, 1.82) is 0 Å². The summed E-state index contributed by atoms with van der Waals surface area (Å²) in [5, 5.41) is 3.28. The molecular weight excluding hydrogens is 258 g/mol. The lowest BCUT2D eigenvalue weighted by atomic mass is 9.99. The summed E-state index contributed by atoms with van der Waals surface area (Å²) in [6.45, 7) is 4.68. The van der Waals surface area contributed by atoms with E-state index in [0.29, 0.717) is 12.0 Å². The van der Waals surface area contributed by atoms with Crippen molar-refractivity contribution in [2.75, 3.05) is 6.54 Å². The van der Waals surface area contributed by atoms with Crippen LogP contribution >= 0.6 is 0 Å². The molecule has 0 aliphatic carbocycles. The number of nitrogens with one attached hydrogen (secondary N) is 1. The number of nitrogens with zero attached hydrogens (tertiary/aromatic N) is 1. The highest BCUT2D eigenvalue weighted by Gasteiger charge is 2.18. The first-order valence-corrected chi connectivity index (χ1v) is 6.71. The molecule has 4 heteroatoms. The molecule has 0 radical (unpaired) electrons. The largest absolute Gasteiger partial charge is 0.309 e. The Hall–Kier alpha value is -1.81. The van der Waals surface area contributed by atoms with E-state index in [2.05, 4.69) is 10.3 Å². The molecule has 0 spiro atoms. The monoisotopic (exact) mass is 276 g/mol. The van der Waals surface area contributed by atoms with Crippen LogP contribution in [0.3, 0.4) is 0 Å². The number of aromatic nitrogens is 1. The second kappa shape index (κ2) is 6.57. The fraction of sp³-hybridized carbons (Fsp3) is 0.312. The Morgan fingerprint density at radius 1 is 1.20 bits per heavy atom. The van der Waals surface area contributed by atoms with E-state index in [4.69, 9.17) is 0 Å². The molecule has 2 rings (SSSR count). The number of halogens is 2. The van der Waals surface area contributed by atoms with Gasteiger partial charge in [0.2, 0.25) is 0 Å². The zero-order chi connectivity index (χ0) is 14.5. The molecule has 0 amide bonds. The van der Waals surface area contributed by atoms with E-state index in [-0.39, 0.29) is 6.04 Å². The topological polar surface area (TPSA) is 24.9 Å². The van der Waals surface area contributed by atoms with Gasteiger partial charge in [-0.05, 0) is 43.1 Å². The highest BCUT2D eigenvalue weighted by Crippen LogP contribution is 2.22. The third-order valence-electron chi connectivity index (χ3n) is 3.29. The molecule has 0 saturated heterocycles. The SMILES string of the molecule is CCNC(Cc1cccc(F)c1F)c1ncccc1C. The Bertz CT molecular complexity index is 584. The van der Waals surface area contributed by atoms with Gasteiger partial charge in [0, 0.05) is 6.20 Å². The Morgan fingerprint density at radius 3 is 2.70 bits per heavy atom. The number of aryl methyl sites for hydroxylation is 1. The van der Waals surface area contributed by atoms with Crippen molar-refractivity contribution < 1.29 is 8.78 Å². The van der Waals surface area contributed by atoms with Crippen LogP contribution in [0.5, 0.6) is 0 Å². The molecule has 1 atom stereocenters. The lowest BCUT2D eigenvalue weighted by Gasteiger charge is -2.19. The van der Waals surface area contributed by atoms with Crippen molar-refractivity contribution >= 4 is 0 Å². The van der Waals surface area contributed by atoms with Gasteiger partial charge >= 0.3 is 0 Å². The second-order valence-corrected chi connectivity index (χ2v) is 4.73. The average molecular weight is 276 g/mol. The summed E-state index contributed by atoms with van der Waals surface area (Å²) in [6.07, 6.45) is 2.09. The van der Waals surface area contributed by atoms with Gasteiger partial charge in [0.25, 0.3) is 0 Å². The van der Waals surface area contributed by atoms with Gasteiger partial charge in [-0.2, -0.15) is 0 Å². The zero-order valence-electron chi connectivity index (χ0n) is 11.7. The fourth-order valence-corrected chi connectivity index (χ4v) is 2.30. The first kappa shape index (κ1) is 14.6. The summed E-state index contributed by atoms with van der Waals surface area (Å²) in [5.74, 6) is -1.58. The molecular formula is C16H18F2N2. The third kappa shape index (κ3) is 3.20. The number of hydrogen-bond acceptors (Lipinski definition) is 2. The second-order valence-electron chi connectivity index (χ2n) is 4.73. The molecule has 1 N–H and O–H groups in total. The van der Waals surface area contributed by atoms with Gasteiger partial charge in [0.15, 0.2) is 11.6 Å². The Morgan fingerprint density at radius 2 is 2.00 bits per heavy atom. The number of hydrogen-bond donors (Lipinski definition) is 1. The molecule has 0 saturated carbocycles. The predicted molar refractivity (Wildman–Crippen MR) is 75.5 cm³/mol. The van der Waals surface area contributed by atoms with Gasteiger partial charge in [-0.15, -0.1) is 0 Å². The highest BCUT2D eigenvalue weighted by molar-refractivity contribution is 5.26. The van der Waals surface area contributed by atoms with Crippen LogP contribution in [0.4, 0.5) is 8.78 Å². The molecule has 106 valence electrons. The van der Waals surface area contributed by atoms with Gasteiger partial charge in [-0.3, -0.25) is 4.98 Å². The maximum Gasteiger partial charge on any atom is 0.162 e. The lowest BCUT2D eigenvalue weighted by Crippen LogP contribution is -2.25. The molecule has 1 unspecified atom stereocenters. The van der Waals surface area contributed by atoms with Crippen LogP contribution in [-0.4, -0.2) is 11.5 Å². The van der Waals surface area contributed by atoms with E-state index in [1.54, 1.807) is 12.3 Å². The summed E-state index contributed by atoms with van der Waals surface area (Å²) in [4.78, 5) is 4.37. The molecule has 0 bridgehead atoms. The first-order valence-electron chi connectivity index (χ1n) is 6.71. The van der Waals surface area contributed by atoms with E-state index in [1.807, 2.05) is 26.0 Å². The molecule has 0 fully saturated rings. The van der Waals surface area contributed by atoms with Crippen LogP contribution in [0.1, 0.15) is 29.8 Å². The minimum atomic E-state index is -0.810. The van der Waals surface area contributed by atoms with E-state index in [9.17, 15) is 8.78 Å². The number of rotatable bonds is 5. The zero-order valence-corrected chi connectivity index (χ0v) is 11.7. The van der Waals surface area contributed by atoms with Gasteiger partial charge in [0.1, 0.15) is 0 Å². The van der Waals surface area contributed by atoms with E-state index in [0.717, 1.165) is 23.9 Å². The molecule has 1 aromatic heterocycles. The van der Waals surface area contributed by atoms with Crippen molar-refractivity contribution in [3.05, 3.63) is 65.0 Å². The molecule has 1 heterocycles. The Kier molecular flexibility index (Phi) is 4.79. The number of pyridine rings is 1. The smallest absolute Gasteiger partial charge is 0.162 e. The summed E-state index contributed by atoms with van der Waals surface area (Å²) >= 11 is 0. The van der Waals surface area contributed by atoms with E-state index >= 15 is 0 Å². The van der Waals surface area contributed by atoms with Crippen molar-refractivity contribution in [1.82, 2.24) is 10.3 Å². The number of benzene rings is 1. The number of likely N-dealkylation sites (N-methyl/N-ethyl adjacent to an activating group) is 1. The van der Waals surface area contributed by atoms with Crippen LogP contribution in [0.25, 0.3) is 0 Å². The van der Waals surface area contributed by atoms with Crippen LogP contribution in [0.15, 0.2) is 36.5 Å². The standard InChI is InChI=1S/C16H18F2N2/c1-3-19-14(16-11(2)6-5-9-20-16)10-12-7-4-8-13(17)15(12)18/h4-9,14,19H,3,10H2,1-2H3. The van der Waals surface area contributed by atoms with Crippen molar-refractivity contribution in [2.24, 2.45) is 0 Å². The highest BCUT2D eigenvalue weighted by atomic mass is 19.2. The molecule has 2 aromatic rings. The van der Waals surface area contributed by atoms with Gasteiger partial charge in [-0.25, -0.2) is 8.78 Å². The van der Waals surface area contributed by atoms with Crippen molar-refractivity contribution in [2.45, 2.75) is 26.3 Å². The first-order chi connectivity index (χ1) is 9.63. The van der Waals surface area contributed by atoms with Gasteiger partial charge < -0.3 is 5.32 Å². The maximum atomic E-state index is 13.8. The van der Waals surface area contributed by atoms with Gasteiger partial charge in [-0.1, -0.05) is 25.1 Å². The summed E-state index contributed by atoms with van der Waals surface area (Å²) in [7, 11) is 0. The van der Waals surface area contributed by atoms with Crippen LogP contribution in [0.2, 0.25) is 0 Å². The maximum absolute atomic E-state index is 13.8.